The van der Waals surface area contributed by atoms with Gasteiger partial charge in [-0.3, -0.25) is 0 Å². The highest BCUT2D eigenvalue weighted by atomic mass is 16.5. The summed E-state index contributed by atoms with van der Waals surface area (Å²) in [5.41, 5.74) is 1.95. The molecule has 1 saturated carbocycles. The number of methoxy groups -OCH3 is 3. The lowest BCUT2D eigenvalue weighted by Gasteiger charge is -2.26. The molecule has 31 heavy (non-hydrogen) atoms. The minimum absolute atomic E-state index is 0.459. The zero-order valence-corrected chi connectivity index (χ0v) is 18.9. The highest BCUT2D eigenvalue weighted by molar-refractivity contribution is 5.92. The quantitative estimate of drug-likeness (QED) is 0.514. The smallest absolute Gasteiger partial charge is 0.162 e. The molecule has 7 nitrogen and oxygen atoms in total. The second-order valence-electron chi connectivity index (χ2n) is 7.92. The van der Waals surface area contributed by atoms with E-state index in [1.54, 1.807) is 21.3 Å². The molecule has 3 aromatic rings. The van der Waals surface area contributed by atoms with E-state index in [1.807, 2.05) is 30.3 Å². The number of rotatable bonds is 9. The van der Waals surface area contributed by atoms with Crippen LogP contribution in [0.5, 0.6) is 17.2 Å². The van der Waals surface area contributed by atoms with Gasteiger partial charge < -0.3 is 24.0 Å². The maximum Gasteiger partial charge on any atom is 0.162 e. The van der Waals surface area contributed by atoms with Crippen LogP contribution >= 0.6 is 0 Å². The van der Waals surface area contributed by atoms with Crippen molar-refractivity contribution in [3.63, 3.8) is 0 Å². The second-order valence-corrected chi connectivity index (χ2v) is 7.92. The Balaban J connectivity index is 1.64. The molecule has 0 saturated heterocycles. The van der Waals surface area contributed by atoms with Gasteiger partial charge in [-0.1, -0.05) is 12.1 Å². The van der Waals surface area contributed by atoms with Crippen molar-refractivity contribution in [3.8, 4) is 17.2 Å². The lowest BCUT2D eigenvalue weighted by Crippen LogP contribution is -2.31. The molecule has 1 heterocycles. The first kappa shape index (κ1) is 21.0. The van der Waals surface area contributed by atoms with Gasteiger partial charge in [0.2, 0.25) is 0 Å². The Morgan fingerprint density at radius 1 is 0.839 bits per heavy atom. The number of fused-ring (bicyclic) bond motifs is 1. The van der Waals surface area contributed by atoms with E-state index in [0.29, 0.717) is 17.4 Å². The average molecular weight is 423 g/mol. The molecule has 1 aromatic heterocycles. The number of likely N-dealkylation sites (N-methyl/N-ethyl adjacent to an activating group) is 2. The van der Waals surface area contributed by atoms with Gasteiger partial charge in [-0.25, -0.2) is 9.97 Å². The van der Waals surface area contributed by atoms with Crippen LogP contribution < -0.4 is 24.0 Å². The van der Waals surface area contributed by atoms with Gasteiger partial charge in [-0.15, -0.1) is 0 Å². The van der Waals surface area contributed by atoms with Crippen molar-refractivity contribution in [2.45, 2.75) is 18.8 Å². The Hall–Kier alpha value is -3.22. The maximum absolute atomic E-state index is 5.53. The third-order valence-electron chi connectivity index (χ3n) is 5.77. The topological polar surface area (TPSA) is 60.0 Å². The molecule has 0 unspecified atom stereocenters. The van der Waals surface area contributed by atoms with Gasteiger partial charge in [0.1, 0.15) is 17.4 Å². The van der Waals surface area contributed by atoms with Crippen molar-refractivity contribution in [1.82, 2.24) is 9.97 Å². The van der Waals surface area contributed by atoms with E-state index in [0.717, 1.165) is 59.9 Å². The van der Waals surface area contributed by atoms with Crippen molar-refractivity contribution >= 4 is 22.4 Å². The normalized spacial score (nSPS) is 13.2. The van der Waals surface area contributed by atoms with Gasteiger partial charge in [-0.2, -0.15) is 0 Å². The summed E-state index contributed by atoms with van der Waals surface area (Å²) in [5, 5.41) is 0.962. The van der Waals surface area contributed by atoms with Crippen LogP contribution in [0.15, 0.2) is 36.4 Å². The summed E-state index contributed by atoms with van der Waals surface area (Å²) in [5.74, 6) is 4.52. The molecule has 164 valence electrons. The van der Waals surface area contributed by atoms with Crippen LogP contribution in [0.2, 0.25) is 0 Å². The van der Waals surface area contributed by atoms with Crippen LogP contribution in [0.1, 0.15) is 24.6 Å². The van der Waals surface area contributed by atoms with Gasteiger partial charge in [0.15, 0.2) is 11.5 Å². The molecule has 0 N–H and O–H groups in total. The molecule has 1 fully saturated rings. The Kier molecular flexibility index (Phi) is 6.02. The van der Waals surface area contributed by atoms with Crippen LogP contribution in [-0.2, 0) is 0 Å². The summed E-state index contributed by atoms with van der Waals surface area (Å²) in [6.07, 6.45) is 2.30. The first-order chi connectivity index (χ1) is 15.0. The van der Waals surface area contributed by atoms with Gasteiger partial charge in [0.05, 0.1) is 32.5 Å². The average Bonchev–Trinajstić information content (AvgIpc) is 3.66. The number of para-hydroxylation sites is 2. The van der Waals surface area contributed by atoms with Crippen LogP contribution in [0.3, 0.4) is 0 Å². The van der Waals surface area contributed by atoms with E-state index in [4.69, 9.17) is 24.2 Å². The van der Waals surface area contributed by atoms with Crippen molar-refractivity contribution in [1.29, 1.82) is 0 Å². The highest BCUT2D eigenvalue weighted by Gasteiger charge is 2.28. The number of hydrogen-bond donors (Lipinski definition) is 0. The van der Waals surface area contributed by atoms with Crippen molar-refractivity contribution in [2.24, 2.45) is 0 Å². The largest absolute Gasteiger partial charge is 0.495 e. The first-order valence-corrected chi connectivity index (χ1v) is 10.5. The van der Waals surface area contributed by atoms with Crippen molar-refractivity contribution < 1.29 is 14.2 Å². The van der Waals surface area contributed by atoms with Crippen LogP contribution in [-0.4, -0.2) is 58.5 Å². The summed E-state index contributed by atoms with van der Waals surface area (Å²) in [6.45, 7) is 1.60. The summed E-state index contributed by atoms with van der Waals surface area (Å²) in [4.78, 5) is 14.2. The Morgan fingerprint density at radius 2 is 1.48 bits per heavy atom. The Labute approximate surface area is 183 Å². The van der Waals surface area contributed by atoms with Crippen molar-refractivity contribution in [2.75, 3.05) is 58.3 Å². The molecule has 4 rings (SSSR count). The lowest BCUT2D eigenvalue weighted by molar-refractivity contribution is 0.355. The van der Waals surface area contributed by atoms with E-state index < -0.39 is 0 Å². The monoisotopic (exact) mass is 422 g/mol. The molecular weight excluding hydrogens is 392 g/mol. The summed E-state index contributed by atoms with van der Waals surface area (Å²) < 4.78 is 16.5. The van der Waals surface area contributed by atoms with Crippen molar-refractivity contribution in [3.05, 3.63) is 42.2 Å². The van der Waals surface area contributed by atoms with Gasteiger partial charge >= 0.3 is 0 Å². The van der Waals surface area contributed by atoms with Gasteiger partial charge in [-0.05, 0) is 31.0 Å². The fraction of sp³-hybridized carbons (Fsp3) is 0.417. The molecule has 0 aliphatic heterocycles. The molecule has 0 atom stereocenters. The Morgan fingerprint density at radius 3 is 2.16 bits per heavy atom. The molecule has 1 aliphatic rings. The number of benzene rings is 2. The molecule has 0 amide bonds. The van der Waals surface area contributed by atoms with E-state index in [-0.39, 0.29) is 0 Å². The number of ether oxygens (including phenoxy) is 3. The summed E-state index contributed by atoms with van der Waals surface area (Å²) >= 11 is 0. The van der Waals surface area contributed by atoms with Crippen LogP contribution in [0.4, 0.5) is 11.5 Å². The minimum Gasteiger partial charge on any atom is -0.495 e. The van der Waals surface area contributed by atoms with Crippen LogP contribution in [0.25, 0.3) is 10.9 Å². The first-order valence-electron chi connectivity index (χ1n) is 10.5. The number of hydrogen-bond acceptors (Lipinski definition) is 7. The maximum atomic E-state index is 5.53. The minimum atomic E-state index is 0.459. The zero-order valence-electron chi connectivity index (χ0n) is 18.9. The predicted octanol–water partition coefficient (Wildman–Crippen LogP) is 4.11. The molecular formula is C24H30N4O3. The van der Waals surface area contributed by atoms with Crippen LogP contribution in [0, 0.1) is 0 Å². The molecule has 0 bridgehead atoms. The van der Waals surface area contributed by atoms with E-state index in [9.17, 15) is 0 Å². The fourth-order valence-electron chi connectivity index (χ4n) is 3.74. The van der Waals surface area contributed by atoms with E-state index >= 15 is 0 Å². The Bertz CT molecular complexity index is 1070. The standard InChI is InChI=1S/C24H30N4O3/c1-27(19-8-6-7-9-20(19)29-3)12-13-28(2)24-17-14-21(30-4)22(31-5)15-18(17)25-23(26-24)16-10-11-16/h6-9,14-16H,10-13H2,1-5H3. The molecule has 0 radical (unpaired) electrons. The summed E-state index contributed by atoms with van der Waals surface area (Å²) in [7, 11) is 9.15. The number of anilines is 2. The molecule has 7 heteroatoms. The van der Waals surface area contributed by atoms with E-state index in [1.165, 1.54) is 0 Å². The molecule has 1 aliphatic carbocycles. The molecule has 2 aromatic carbocycles. The molecule has 0 spiro atoms. The fourth-order valence-corrected chi connectivity index (χ4v) is 3.74. The second kappa shape index (κ2) is 8.88. The third kappa shape index (κ3) is 4.31. The number of nitrogens with zero attached hydrogens (tertiary/aromatic N) is 4. The lowest BCUT2D eigenvalue weighted by atomic mass is 10.2. The highest BCUT2D eigenvalue weighted by Crippen LogP contribution is 2.41. The zero-order chi connectivity index (χ0) is 22.0. The SMILES string of the molecule is COc1cc2nc(C3CC3)nc(N(C)CCN(C)c3ccccc3OC)c2cc1OC. The summed E-state index contributed by atoms with van der Waals surface area (Å²) in [6, 6.07) is 12.0. The van der Waals surface area contributed by atoms with E-state index in [2.05, 4.69) is 30.0 Å². The van der Waals surface area contributed by atoms with Gasteiger partial charge in [0, 0.05) is 44.6 Å². The van der Waals surface area contributed by atoms with Gasteiger partial charge in [0.25, 0.3) is 0 Å². The number of aromatic nitrogens is 2. The predicted molar refractivity (Wildman–Crippen MR) is 124 cm³/mol. The third-order valence-corrected chi connectivity index (χ3v) is 5.77.